The van der Waals surface area contributed by atoms with Crippen LogP contribution in [0.4, 0.5) is 10.3 Å². The summed E-state index contributed by atoms with van der Waals surface area (Å²) in [7, 11) is -4.94. The molecule has 2 aliphatic carbocycles. The largest absolute Gasteiger partial charge is 0.389 e. The Morgan fingerprint density at radius 2 is 1.28 bits per heavy atom. The minimum atomic E-state index is -3.33. The SMILES string of the molecule is CCN(CCOC)Cc1cnc(NC(=O)/C(=N/O[C@@H]2CCOC2)c2ccc(S(=O)(=O)C3CC3)cc2)s1.O=C(Nc1nccs1)/C(=N/O[C@@H]1CCOC1)c1ccc(S(=O)(=O)C2CC2)cc1. The number of likely N-dealkylation sites (N-methyl/N-ethyl adjacent to an activating group) is 1. The Balaban J connectivity index is 0.000000197. The molecule has 2 aliphatic heterocycles. The van der Waals surface area contributed by atoms with Crippen LogP contribution in [0.15, 0.2) is 86.4 Å². The molecule has 0 radical (unpaired) electrons. The van der Waals surface area contributed by atoms with Gasteiger partial charge in [0.05, 0.1) is 53.3 Å². The van der Waals surface area contributed by atoms with Crippen LogP contribution in [0.5, 0.6) is 0 Å². The quantitative estimate of drug-likeness (QED) is 0.0886. The van der Waals surface area contributed by atoms with Crippen molar-refractivity contribution < 1.29 is 50.3 Å². The lowest BCUT2D eigenvalue weighted by Gasteiger charge is -2.18. The van der Waals surface area contributed by atoms with Crippen molar-refractivity contribution in [3.63, 3.8) is 0 Å². The minimum Gasteiger partial charge on any atom is -0.389 e. The molecule has 0 spiro atoms. The molecule has 344 valence electrons. The highest BCUT2D eigenvalue weighted by Crippen LogP contribution is 2.34. The number of hydrogen-bond acceptors (Lipinski definition) is 18. The molecule has 64 heavy (non-hydrogen) atoms. The minimum absolute atomic E-state index is 0.0456. The summed E-state index contributed by atoms with van der Waals surface area (Å²) in [6.07, 6.45) is 7.04. The highest BCUT2D eigenvalue weighted by Gasteiger charge is 2.38. The molecule has 0 unspecified atom stereocenters. The van der Waals surface area contributed by atoms with Crippen molar-refractivity contribution in [1.82, 2.24) is 14.9 Å². The van der Waals surface area contributed by atoms with Crippen LogP contribution in [0.2, 0.25) is 0 Å². The number of sulfone groups is 2. The number of ether oxygens (including phenoxy) is 3. The van der Waals surface area contributed by atoms with E-state index in [2.05, 4.69) is 42.7 Å². The lowest BCUT2D eigenvalue weighted by Crippen LogP contribution is -2.26. The molecule has 2 aromatic heterocycles. The van der Waals surface area contributed by atoms with Crippen LogP contribution in [0.1, 0.15) is 61.5 Å². The van der Waals surface area contributed by atoms with E-state index < -0.39 is 31.5 Å². The summed E-state index contributed by atoms with van der Waals surface area (Å²) in [5.74, 6) is -0.967. The van der Waals surface area contributed by atoms with E-state index in [1.807, 2.05) is 0 Å². The number of carbonyl (C=O) groups excluding carboxylic acids is 2. The van der Waals surface area contributed by atoms with Crippen molar-refractivity contribution in [2.75, 3.05) is 63.9 Å². The first-order valence-corrected chi connectivity index (χ1v) is 25.7. The maximum Gasteiger partial charge on any atom is 0.280 e. The topological polar surface area (TPSA) is 226 Å². The van der Waals surface area contributed by atoms with E-state index in [4.69, 9.17) is 23.9 Å². The maximum atomic E-state index is 13.2. The summed E-state index contributed by atoms with van der Waals surface area (Å²) in [5.41, 5.74) is 1.01. The third-order valence-corrected chi connectivity index (χ3v) is 16.6. The number of nitrogens with one attached hydrogen (secondary N) is 2. The zero-order chi connectivity index (χ0) is 45.1. The van der Waals surface area contributed by atoms with Gasteiger partial charge >= 0.3 is 0 Å². The summed E-state index contributed by atoms with van der Waals surface area (Å²) in [6, 6.07) is 12.4. The van der Waals surface area contributed by atoms with Crippen LogP contribution in [0.3, 0.4) is 0 Å². The number of nitrogens with zero attached hydrogens (tertiary/aromatic N) is 5. The van der Waals surface area contributed by atoms with E-state index in [0.29, 0.717) is 99.5 Å². The zero-order valence-electron chi connectivity index (χ0n) is 35.4. The average molecular weight is 958 g/mol. The summed E-state index contributed by atoms with van der Waals surface area (Å²) in [5, 5.41) is 15.7. The van der Waals surface area contributed by atoms with Crippen LogP contribution < -0.4 is 10.6 Å². The van der Waals surface area contributed by atoms with Crippen molar-refractivity contribution in [2.45, 2.75) is 84.5 Å². The van der Waals surface area contributed by atoms with Gasteiger partial charge in [-0.2, -0.15) is 0 Å². The van der Waals surface area contributed by atoms with Gasteiger partial charge in [0.25, 0.3) is 11.8 Å². The molecule has 22 heteroatoms. The van der Waals surface area contributed by atoms with Crippen molar-refractivity contribution >= 4 is 75.8 Å². The Bertz CT molecular complexity index is 2460. The first-order valence-electron chi connectivity index (χ1n) is 20.9. The third kappa shape index (κ3) is 12.8. The molecule has 2 N–H and O–H groups in total. The van der Waals surface area contributed by atoms with Gasteiger partial charge in [-0.05, 0) is 56.5 Å². The number of benzene rings is 2. The number of amides is 2. The van der Waals surface area contributed by atoms with Crippen molar-refractivity contribution in [2.24, 2.45) is 10.3 Å². The number of thiazole rings is 2. The van der Waals surface area contributed by atoms with Gasteiger partial charge < -0.3 is 23.9 Å². The molecule has 2 saturated carbocycles. The van der Waals surface area contributed by atoms with Crippen LogP contribution >= 0.6 is 22.7 Å². The monoisotopic (exact) mass is 957 g/mol. The van der Waals surface area contributed by atoms with Gasteiger partial charge in [0.1, 0.15) is 0 Å². The Kier molecular flexibility index (Phi) is 16.3. The molecule has 18 nitrogen and oxygen atoms in total. The van der Waals surface area contributed by atoms with E-state index in [1.165, 1.54) is 46.9 Å². The Labute approximate surface area is 380 Å². The van der Waals surface area contributed by atoms with Gasteiger partial charge in [0.2, 0.25) is 0 Å². The van der Waals surface area contributed by atoms with E-state index in [0.717, 1.165) is 18.0 Å². The second kappa shape index (κ2) is 22.0. The molecular weight excluding hydrogens is 907 g/mol. The molecule has 0 bridgehead atoms. The molecular formula is C42H51N7O11S4. The van der Waals surface area contributed by atoms with Crippen LogP contribution in [0.25, 0.3) is 0 Å². The van der Waals surface area contributed by atoms with Gasteiger partial charge in [0, 0.05) is 66.8 Å². The Hall–Kier alpha value is -4.68. The lowest BCUT2D eigenvalue weighted by atomic mass is 10.1. The Morgan fingerprint density at radius 1 is 0.766 bits per heavy atom. The summed E-state index contributed by atoms with van der Waals surface area (Å²) >= 11 is 2.67. The predicted molar refractivity (Wildman–Crippen MR) is 241 cm³/mol. The highest BCUT2D eigenvalue weighted by molar-refractivity contribution is 7.92. The predicted octanol–water partition coefficient (Wildman–Crippen LogP) is 4.92. The van der Waals surface area contributed by atoms with Crippen molar-refractivity contribution in [3.8, 4) is 0 Å². The Morgan fingerprint density at radius 3 is 1.70 bits per heavy atom. The number of rotatable bonds is 20. The standard InChI is InChI=1S/C24H32N4O6S2.C18H19N3O5S2/c1-3-28(11-13-32-2)15-19-14-25-24(35-19)26-23(29)22(27-34-18-10-12-33-16-18)17-4-6-20(7-5-17)36(30,31)21-8-9-21;22-17(20-18-19-8-10-27-18)16(21-26-13-7-9-25-11-13)12-1-3-14(4-2-12)28(23,24)15-5-6-15/h4-7,14,18,21H,3,8-13,15-16H2,1-2H3,(H,25,26,29);1-4,8,10,13,15H,5-7,9,11H2,(H,19,20,22)/b27-22+;21-16+/t18-;13-/m11/s1. The summed E-state index contributed by atoms with van der Waals surface area (Å²) in [6.45, 7) is 7.10. The van der Waals surface area contributed by atoms with Crippen LogP contribution in [-0.2, 0) is 59.7 Å². The number of hydrogen-bond donors (Lipinski definition) is 2. The molecule has 8 rings (SSSR count). The number of methoxy groups -OCH3 is 1. The first-order chi connectivity index (χ1) is 30.9. The molecule has 4 aromatic rings. The second-order valence-corrected chi connectivity index (χ2v) is 21.8. The number of aromatic nitrogens is 2. The summed E-state index contributed by atoms with van der Waals surface area (Å²) in [4.78, 5) is 49.1. The third-order valence-electron chi connectivity index (χ3n) is 10.5. The van der Waals surface area contributed by atoms with Crippen LogP contribution in [-0.4, -0.2) is 131 Å². The second-order valence-electron chi connectivity index (χ2n) is 15.3. The van der Waals surface area contributed by atoms with Gasteiger partial charge in [-0.25, -0.2) is 26.8 Å². The molecule has 4 fully saturated rings. The maximum absolute atomic E-state index is 13.2. The highest BCUT2D eigenvalue weighted by atomic mass is 32.2. The molecule has 2 aromatic carbocycles. The molecule has 4 heterocycles. The van der Waals surface area contributed by atoms with E-state index in [1.54, 1.807) is 49.1 Å². The fourth-order valence-corrected chi connectivity index (χ4v) is 11.2. The van der Waals surface area contributed by atoms with Crippen molar-refractivity contribution in [1.29, 1.82) is 0 Å². The van der Waals surface area contributed by atoms with Crippen LogP contribution in [0, 0.1) is 0 Å². The molecule has 2 saturated heterocycles. The normalized spacial score (nSPS) is 19.2. The summed E-state index contributed by atoms with van der Waals surface area (Å²) < 4.78 is 65.6. The zero-order valence-corrected chi connectivity index (χ0v) is 38.7. The van der Waals surface area contributed by atoms with E-state index in [-0.39, 0.29) is 43.9 Å². The molecule has 2 amide bonds. The van der Waals surface area contributed by atoms with Gasteiger partial charge in [-0.15, -0.1) is 22.7 Å². The van der Waals surface area contributed by atoms with E-state index >= 15 is 0 Å². The molecule has 4 aliphatic rings. The smallest absolute Gasteiger partial charge is 0.280 e. The number of carbonyl (C=O) groups is 2. The molecule has 2 atom stereocenters. The lowest BCUT2D eigenvalue weighted by molar-refractivity contribution is -0.111. The van der Waals surface area contributed by atoms with Gasteiger partial charge in [0.15, 0.2) is 53.6 Å². The number of oxime groups is 2. The fourth-order valence-electron chi connectivity index (χ4n) is 6.47. The average Bonchev–Trinajstić information content (AvgIpc) is 4.07. The van der Waals surface area contributed by atoms with E-state index in [9.17, 15) is 26.4 Å². The number of anilines is 2. The van der Waals surface area contributed by atoms with Gasteiger partial charge in [-0.1, -0.05) is 41.5 Å². The fraction of sp³-hybridized carbons (Fsp3) is 0.476. The van der Waals surface area contributed by atoms with Gasteiger partial charge in [-0.3, -0.25) is 25.1 Å². The van der Waals surface area contributed by atoms with Crippen molar-refractivity contribution in [3.05, 3.63) is 82.3 Å². The first kappa shape index (κ1) is 47.3.